The largest absolute Gasteiger partial charge is 0.507 e. The molecule has 2 aromatic rings. The van der Waals surface area contributed by atoms with Crippen molar-refractivity contribution in [2.45, 2.75) is 25.6 Å². The molecule has 1 fully saturated rings. The van der Waals surface area contributed by atoms with Crippen LogP contribution in [-0.2, 0) is 0 Å². The minimum atomic E-state index is -1.40. The third kappa shape index (κ3) is 4.19. The molecule has 1 saturated heterocycles. The first kappa shape index (κ1) is 21.4. The standard InChI is InChI=1S/C17H18Cl2FN5O3S/c1-6-10(18)11(23-14(6)19)16(28)22-9-3-4-25(5-8(9)20)17-24-12(15(21)27)13(29-17)7(2)26/h8-9,23,26H,2-5H2,1H3,(H2,21,27)(H,22,28)/t8-,9+/m0/s1. The Labute approximate surface area is 179 Å². The number of carbonyl (C=O) groups excluding carboxylic acids is 2. The number of amides is 2. The topological polar surface area (TPSA) is 124 Å². The Hall–Kier alpha value is -2.30. The summed E-state index contributed by atoms with van der Waals surface area (Å²) in [4.78, 5) is 32.5. The number of alkyl halides is 1. The van der Waals surface area contributed by atoms with Gasteiger partial charge in [0.1, 0.15) is 27.7 Å². The van der Waals surface area contributed by atoms with Crippen molar-refractivity contribution in [3.05, 3.63) is 38.6 Å². The number of hydrogen-bond acceptors (Lipinski definition) is 6. The van der Waals surface area contributed by atoms with Gasteiger partial charge in [-0.2, -0.15) is 0 Å². The van der Waals surface area contributed by atoms with Gasteiger partial charge in [-0.15, -0.1) is 0 Å². The van der Waals surface area contributed by atoms with Gasteiger partial charge < -0.3 is 26.0 Å². The van der Waals surface area contributed by atoms with Gasteiger partial charge in [0.25, 0.3) is 11.8 Å². The number of thiazole rings is 1. The molecule has 1 aliphatic rings. The van der Waals surface area contributed by atoms with Crippen LogP contribution in [0.4, 0.5) is 9.52 Å². The lowest BCUT2D eigenvalue weighted by molar-refractivity contribution is 0.0893. The van der Waals surface area contributed by atoms with Crippen LogP contribution in [0.2, 0.25) is 10.2 Å². The molecule has 3 rings (SSSR count). The smallest absolute Gasteiger partial charge is 0.269 e. The van der Waals surface area contributed by atoms with E-state index in [2.05, 4.69) is 21.9 Å². The second-order valence-corrected chi connectivity index (χ2v) is 8.30. The highest BCUT2D eigenvalue weighted by Crippen LogP contribution is 2.32. The molecule has 0 radical (unpaired) electrons. The van der Waals surface area contributed by atoms with E-state index in [0.717, 1.165) is 11.3 Å². The van der Waals surface area contributed by atoms with Crippen molar-refractivity contribution in [3.63, 3.8) is 0 Å². The first-order chi connectivity index (χ1) is 13.6. The summed E-state index contributed by atoms with van der Waals surface area (Å²) in [6.07, 6.45) is -1.11. The predicted octanol–water partition coefficient (Wildman–Crippen LogP) is 3.06. The number of aromatic nitrogens is 2. The minimum Gasteiger partial charge on any atom is -0.507 e. The van der Waals surface area contributed by atoms with Gasteiger partial charge in [-0.3, -0.25) is 9.59 Å². The number of rotatable bonds is 5. The van der Waals surface area contributed by atoms with Crippen LogP contribution in [0, 0.1) is 6.92 Å². The zero-order valence-electron chi connectivity index (χ0n) is 15.3. The Morgan fingerprint density at radius 1 is 1.48 bits per heavy atom. The fourth-order valence-corrected chi connectivity index (χ4v) is 4.43. The van der Waals surface area contributed by atoms with Gasteiger partial charge in [-0.25, -0.2) is 9.37 Å². The zero-order chi connectivity index (χ0) is 21.5. The van der Waals surface area contributed by atoms with Crippen LogP contribution >= 0.6 is 34.5 Å². The molecule has 0 unspecified atom stereocenters. The number of primary amides is 1. The van der Waals surface area contributed by atoms with E-state index in [-0.39, 0.29) is 38.7 Å². The Kier molecular flexibility index (Phi) is 6.06. The highest BCUT2D eigenvalue weighted by Gasteiger charge is 2.33. The lowest BCUT2D eigenvalue weighted by atomic mass is 10.0. The van der Waals surface area contributed by atoms with Crippen molar-refractivity contribution < 1.29 is 19.1 Å². The summed E-state index contributed by atoms with van der Waals surface area (Å²) in [5.41, 5.74) is 5.78. The molecular formula is C17H18Cl2FN5O3S. The summed E-state index contributed by atoms with van der Waals surface area (Å²) < 4.78 is 14.8. The van der Waals surface area contributed by atoms with E-state index in [1.165, 1.54) is 0 Å². The molecular weight excluding hydrogens is 444 g/mol. The van der Waals surface area contributed by atoms with E-state index in [9.17, 15) is 19.1 Å². The Balaban J connectivity index is 1.70. The van der Waals surface area contributed by atoms with Crippen LogP contribution in [0.5, 0.6) is 0 Å². The fraction of sp³-hybridized carbons (Fsp3) is 0.353. The number of anilines is 1. The number of nitrogens with zero attached hydrogens (tertiary/aromatic N) is 2. The summed E-state index contributed by atoms with van der Waals surface area (Å²) in [5, 5.41) is 13.0. The van der Waals surface area contributed by atoms with E-state index < -0.39 is 24.0 Å². The summed E-state index contributed by atoms with van der Waals surface area (Å²) in [7, 11) is 0. The Morgan fingerprint density at radius 2 is 2.17 bits per heavy atom. The van der Waals surface area contributed by atoms with Crippen LogP contribution in [0.1, 0.15) is 37.8 Å². The van der Waals surface area contributed by atoms with Gasteiger partial charge in [-0.05, 0) is 13.3 Å². The molecule has 1 aliphatic heterocycles. The van der Waals surface area contributed by atoms with Crippen LogP contribution in [0.25, 0.3) is 5.76 Å². The van der Waals surface area contributed by atoms with Gasteiger partial charge in [0.15, 0.2) is 10.8 Å². The first-order valence-electron chi connectivity index (χ1n) is 8.52. The van der Waals surface area contributed by atoms with Crippen LogP contribution < -0.4 is 16.0 Å². The molecule has 3 heterocycles. The molecule has 12 heteroatoms. The van der Waals surface area contributed by atoms with E-state index in [4.69, 9.17) is 28.9 Å². The lowest BCUT2D eigenvalue weighted by Gasteiger charge is -2.34. The van der Waals surface area contributed by atoms with Gasteiger partial charge in [0.2, 0.25) is 0 Å². The number of carbonyl (C=O) groups is 2. The van der Waals surface area contributed by atoms with Crippen molar-refractivity contribution >= 4 is 57.2 Å². The number of H-pyrrole nitrogens is 1. The molecule has 156 valence electrons. The summed E-state index contributed by atoms with van der Waals surface area (Å²) in [6, 6.07) is -0.736. The molecule has 0 spiro atoms. The van der Waals surface area contributed by atoms with Gasteiger partial charge in [0.05, 0.1) is 17.6 Å². The summed E-state index contributed by atoms with van der Waals surface area (Å²) >= 11 is 13.0. The number of nitrogens with one attached hydrogen (secondary N) is 2. The maximum atomic E-state index is 14.8. The molecule has 0 aliphatic carbocycles. The fourth-order valence-electron chi connectivity index (χ4n) is 2.99. The summed E-state index contributed by atoms with van der Waals surface area (Å²) in [6.45, 7) is 5.35. The molecule has 2 atom stereocenters. The maximum Gasteiger partial charge on any atom is 0.269 e. The second-order valence-electron chi connectivity index (χ2n) is 6.57. The normalized spacial score (nSPS) is 19.2. The average molecular weight is 462 g/mol. The molecule has 29 heavy (non-hydrogen) atoms. The van der Waals surface area contributed by atoms with E-state index in [1.807, 2.05) is 0 Å². The highest BCUT2D eigenvalue weighted by molar-refractivity contribution is 7.16. The number of hydrogen-bond donors (Lipinski definition) is 4. The van der Waals surface area contributed by atoms with E-state index in [0.29, 0.717) is 23.7 Å². The SMILES string of the molecule is C=C(O)c1sc(N2CC[C@@H](NC(=O)c3[nH]c(Cl)c(C)c3Cl)[C@@H](F)C2)nc1C(N)=O. The van der Waals surface area contributed by atoms with E-state index in [1.54, 1.807) is 11.8 Å². The van der Waals surface area contributed by atoms with Crippen LogP contribution in [0.15, 0.2) is 6.58 Å². The molecule has 8 nitrogen and oxygen atoms in total. The predicted molar refractivity (Wildman–Crippen MR) is 111 cm³/mol. The number of aromatic amines is 1. The molecule has 2 amide bonds. The average Bonchev–Trinajstić information content (AvgIpc) is 3.21. The van der Waals surface area contributed by atoms with Crippen LogP contribution in [0.3, 0.4) is 0 Å². The Morgan fingerprint density at radius 3 is 2.66 bits per heavy atom. The molecule has 0 bridgehead atoms. The van der Waals surface area contributed by atoms with Gasteiger partial charge in [-0.1, -0.05) is 41.1 Å². The highest BCUT2D eigenvalue weighted by atomic mass is 35.5. The van der Waals surface area contributed by atoms with Gasteiger partial charge in [0, 0.05) is 12.1 Å². The van der Waals surface area contributed by atoms with Gasteiger partial charge >= 0.3 is 0 Å². The quantitative estimate of drug-likeness (QED) is 0.509. The van der Waals surface area contributed by atoms with E-state index >= 15 is 0 Å². The summed E-state index contributed by atoms with van der Waals surface area (Å²) in [5.74, 6) is -1.69. The monoisotopic (exact) mass is 461 g/mol. The molecule has 5 N–H and O–H groups in total. The minimum absolute atomic E-state index is 0.0632. The van der Waals surface area contributed by atoms with Crippen LogP contribution in [-0.4, -0.2) is 52.2 Å². The first-order valence-corrected chi connectivity index (χ1v) is 10.1. The number of piperidine rings is 1. The molecule has 0 saturated carbocycles. The molecule has 2 aromatic heterocycles. The molecule has 0 aromatic carbocycles. The number of aliphatic hydroxyl groups excluding tert-OH is 1. The number of nitrogens with two attached hydrogens (primary N) is 1. The maximum absolute atomic E-state index is 14.8. The third-order valence-corrected chi connectivity index (χ3v) is 6.60. The Bertz CT molecular complexity index is 961. The lowest BCUT2D eigenvalue weighted by Crippen LogP contribution is -2.52. The van der Waals surface area contributed by atoms with Crippen molar-refractivity contribution in [2.75, 3.05) is 18.0 Å². The zero-order valence-corrected chi connectivity index (χ0v) is 17.6. The number of aliphatic hydroxyl groups is 1. The third-order valence-electron chi connectivity index (χ3n) is 4.58. The van der Waals surface area contributed by atoms with Crippen molar-refractivity contribution in [2.24, 2.45) is 5.73 Å². The van der Waals surface area contributed by atoms with Crippen molar-refractivity contribution in [3.8, 4) is 0 Å². The van der Waals surface area contributed by atoms with Crippen molar-refractivity contribution in [1.29, 1.82) is 0 Å². The number of halogens is 3. The van der Waals surface area contributed by atoms with Crippen molar-refractivity contribution in [1.82, 2.24) is 15.3 Å². The second kappa shape index (κ2) is 8.21.